The Morgan fingerprint density at radius 3 is 2.53 bits per heavy atom. The molecule has 1 N–H and O–H groups in total. The Labute approximate surface area is 91.3 Å². The zero-order valence-corrected chi connectivity index (χ0v) is 10.4. The van der Waals surface area contributed by atoms with Gasteiger partial charge in [0.2, 0.25) is 0 Å². The van der Waals surface area contributed by atoms with Crippen molar-refractivity contribution in [2.24, 2.45) is 5.41 Å². The second-order valence-electron chi connectivity index (χ2n) is 5.44. The fourth-order valence-electron chi connectivity index (χ4n) is 2.12. The molecule has 2 aliphatic rings. The Hall–Kier alpha value is -0.130. The van der Waals surface area contributed by atoms with E-state index in [1.165, 1.54) is 0 Å². The summed E-state index contributed by atoms with van der Waals surface area (Å²) in [5.41, 5.74) is -0.536. The van der Waals surface area contributed by atoms with Gasteiger partial charge in [-0.1, -0.05) is 13.8 Å². The lowest BCUT2D eigenvalue weighted by Gasteiger charge is -2.46. The molecule has 4 nitrogen and oxygen atoms in total. The third kappa shape index (κ3) is 2.05. The van der Waals surface area contributed by atoms with E-state index in [2.05, 4.69) is 19.2 Å². The third-order valence-electron chi connectivity index (χ3n) is 3.64. The molecule has 0 saturated carbocycles. The van der Waals surface area contributed by atoms with E-state index in [9.17, 15) is 8.42 Å². The van der Waals surface area contributed by atoms with Crippen LogP contribution in [0.25, 0.3) is 0 Å². The summed E-state index contributed by atoms with van der Waals surface area (Å²) in [6.07, 6.45) is 0.669. The molecule has 0 aromatic rings. The van der Waals surface area contributed by atoms with Crippen LogP contribution in [0.5, 0.6) is 0 Å². The van der Waals surface area contributed by atoms with E-state index in [1.54, 1.807) is 0 Å². The molecule has 0 aromatic carbocycles. The second-order valence-corrected chi connectivity index (χ2v) is 7.62. The molecule has 2 fully saturated rings. The smallest absolute Gasteiger partial charge is 0.154 e. The van der Waals surface area contributed by atoms with Crippen LogP contribution in [0.15, 0.2) is 0 Å². The third-order valence-corrected chi connectivity index (χ3v) is 5.37. The molecular formula is C10H19NO3S. The monoisotopic (exact) mass is 233 g/mol. The maximum atomic E-state index is 11.5. The molecule has 2 aliphatic heterocycles. The van der Waals surface area contributed by atoms with Crippen LogP contribution in [0.3, 0.4) is 0 Å². The van der Waals surface area contributed by atoms with Crippen molar-refractivity contribution in [2.45, 2.75) is 39.0 Å². The van der Waals surface area contributed by atoms with Crippen LogP contribution in [0, 0.1) is 5.41 Å². The van der Waals surface area contributed by atoms with Gasteiger partial charge < -0.3 is 4.74 Å². The van der Waals surface area contributed by atoms with Crippen LogP contribution in [0.2, 0.25) is 0 Å². The molecule has 5 heteroatoms. The molecule has 0 aliphatic carbocycles. The summed E-state index contributed by atoms with van der Waals surface area (Å²) in [6, 6.07) is 0. The molecule has 0 aromatic heterocycles. The van der Waals surface area contributed by atoms with Crippen molar-refractivity contribution >= 4 is 9.84 Å². The van der Waals surface area contributed by atoms with Crippen molar-refractivity contribution in [3.8, 4) is 0 Å². The average molecular weight is 233 g/mol. The standard InChI is InChI=1S/C10H19NO3S/c1-8-9(2,3)6-11-10(14-8)4-5-15(12,13)7-10/h8,11H,4-7H2,1-3H3. The van der Waals surface area contributed by atoms with E-state index < -0.39 is 15.6 Å². The second kappa shape index (κ2) is 3.18. The zero-order chi connectivity index (χ0) is 11.3. The highest BCUT2D eigenvalue weighted by Crippen LogP contribution is 2.36. The maximum absolute atomic E-state index is 11.5. The van der Waals surface area contributed by atoms with Gasteiger partial charge in [0.1, 0.15) is 5.72 Å². The molecule has 2 rings (SSSR count). The molecule has 0 radical (unpaired) electrons. The first-order valence-electron chi connectivity index (χ1n) is 5.38. The van der Waals surface area contributed by atoms with Gasteiger partial charge in [-0.15, -0.1) is 0 Å². The van der Waals surface area contributed by atoms with Crippen molar-refractivity contribution in [1.29, 1.82) is 0 Å². The summed E-state index contributed by atoms with van der Waals surface area (Å²) in [4.78, 5) is 0. The van der Waals surface area contributed by atoms with Gasteiger partial charge in [-0.3, -0.25) is 5.32 Å². The van der Waals surface area contributed by atoms with Gasteiger partial charge >= 0.3 is 0 Å². The largest absolute Gasteiger partial charge is 0.356 e. The first-order valence-corrected chi connectivity index (χ1v) is 7.20. The van der Waals surface area contributed by atoms with Crippen molar-refractivity contribution in [1.82, 2.24) is 5.32 Å². The van der Waals surface area contributed by atoms with Gasteiger partial charge in [0.25, 0.3) is 0 Å². The Bertz CT molecular complexity index is 363. The van der Waals surface area contributed by atoms with Gasteiger partial charge in [0.15, 0.2) is 9.84 Å². The van der Waals surface area contributed by atoms with E-state index in [4.69, 9.17) is 4.74 Å². The summed E-state index contributed by atoms with van der Waals surface area (Å²) in [7, 11) is -2.90. The number of nitrogens with one attached hydrogen (secondary N) is 1. The van der Waals surface area contributed by atoms with Crippen LogP contribution < -0.4 is 5.32 Å². The highest BCUT2D eigenvalue weighted by atomic mass is 32.2. The van der Waals surface area contributed by atoms with Gasteiger partial charge in [-0.25, -0.2) is 8.42 Å². The van der Waals surface area contributed by atoms with Crippen LogP contribution in [-0.4, -0.2) is 38.3 Å². The Morgan fingerprint density at radius 2 is 2.07 bits per heavy atom. The highest BCUT2D eigenvalue weighted by Gasteiger charge is 2.49. The number of rotatable bonds is 0. The molecule has 1 spiro atoms. The van der Waals surface area contributed by atoms with Gasteiger partial charge in [-0.2, -0.15) is 0 Å². The minimum absolute atomic E-state index is 0.0671. The Balaban J connectivity index is 2.15. The van der Waals surface area contributed by atoms with E-state index in [0.717, 1.165) is 6.54 Å². The molecule has 2 unspecified atom stereocenters. The number of sulfone groups is 1. The topological polar surface area (TPSA) is 55.4 Å². The zero-order valence-electron chi connectivity index (χ0n) is 9.54. The van der Waals surface area contributed by atoms with E-state index >= 15 is 0 Å². The lowest BCUT2D eigenvalue weighted by molar-refractivity contribution is -0.168. The molecule has 88 valence electrons. The van der Waals surface area contributed by atoms with E-state index in [1.807, 2.05) is 6.92 Å². The van der Waals surface area contributed by atoms with Crippen LogP contribution >= 0.6 is 0 Å². The summed E-state index contributed by atoms with van der Waals surface area (Å²) in [5.74, 6) is 0.369. The maximum Gasteiger partial charge on any atom is 0.154 e. The van der Waals surface area contributed by atoms with Crippen LogP contribution in [0.4, 0.5) is 0 Å². The fraction of sp³-hybridized carbons (Fsp3) is 1.00. The summed E-state index contributed by atoms with van der Waals surface area (Å²) in [5, 5.41) is 3.27. The summed E-state index contributed by atoms with van der Waals surface area (Å²) in [6.45, 7) is 7.08. The van der Waals surface area contributed by atoms with Crippen molar-refractivity contribution in [2.75, 3.05) is 18.1 Å². The molecule has 2 heterocycles. The first kappa shape index (κ1) is 11.4. The van der Waals surface area contributed by atoms with Crippen molar-refractivity contribution in [3.63, 3.8) is 0 Å². The van der Waals surface area contributed by atoms with Crippen LogP contribution in [0.1, 0.15) is 27.2 Å². The van der Waals surface area contributed by atoms with E-state index in [-0.39, 0.29) is 23.0 Å². The molecule has 15 heavy (non-hydrogen) atoms. The molecule has 2 saturated heterocycles. The summed E-state index contributed by atoms with van der Waals surface area (Å²) < 4.78 is 28.8. The molecule has 0 amide bonds. The van der Waals surface area contributed by atoms with E-state index in [0.29, 0.717) is 6.42 Å². The molecule has 0 bridgehead atoms. The fourth-order valence-corrected chi connectivity index (χ4v) is 3.93. The highest BCUT2D eigenvalue weighted by molar-refractivity contribution is 7.91. The van der Waals surface area contributed by atoms with Gasteiger partial charge in [-0.05, 0) is 6.92 Å². The molecular weight excluding hydrogens is 214 g/mol. The lowest BCUT2D eigenvalue weighted by Crippen LogP contribution is -2.61. The summed E-state index contributed by atoms with van der Waals surface area (Å²) >= 11 is 0. The quantitative estimate of drug-likeness (QED) is 0.663. The lowest BCUT2D eigenvalue weighted by atomic mass is 9.84. The minimum atomic E-state index is -2.90. The van der Waals surface area contributed by atoms with Crippen molar-refractivity contribution in [3.05, 3.63) is 0 Å². The number of hydrogen-bond acceptors (Lipinski definition) is 4. The predicted octanol–water partition coefficient (Wildman–Crippen LogP) is 0.536. The number of hydrogen-bond donors (Lipinski definition) is 1. The SMILES string of the molecule is CC1OC2(CCS(=O)(=O)C2)NCC1(C)C. The number of ether oxygens (including phenoxy) is 1. The normalized spacial score (nSPS) is 43.3. The average Bonchev–Trinajstić information content (AvgIpc) is 2.37. The van der Waals surface area contributed by atoms with Gasteiger partial charge in [0.05, 0.1) is 17.6 Å². The molecule has 2 atom stereocenters. The van der Waals surface area contributed by atoms with Crippen LogP contribution in [-0.2, 0) is 14.6 Å². The first-order chi connectivity index (χ1) is 6.75. The Morgan fingerprint density at radius 1 is 1.40 bits per heavy atom. The predicted molar refractivity (Wildman–Crippen MR) is 58.3 cm³/mol. The Kier molecular flexibility index (Phi) is 2.41. The van der Waals surface area contributed by atoms with Crippen molar-refractivity contribution < 1.29 is 13.2 Å². The minimum Gasteiger partial charge on any atom is -0.356 e. The van der Waals surface area contributed by atoms with Gasteiger partial charge in [0, 0.05) is 18.4 Å².